The molecule has 0 bridgehead atoms. The molecule has 0 aliphatic heterocycles. The van der Waals surface area contributed by atoms with E-state index in [0.717, 1.165) is 13.0 Å². The summed E-state index contributed by atoms with van der Waals surface area (Å²) in [4.78, 5) is 13.7. The van der Waals surface area contributed by atoms with Crippen LogP contribution in [0.5, 0.6) is 0 Å². The molecule has 0 fully saturated rings. The Labute approximate surface area is 110 Å². The first kappa shape index (κ1) is 14.6. The van der Waals surface area contributed by atoms with Crippen molar-refractivity contribution in [3.05, 3.63) is 30.3 Å². The third-order valence-electron chi connectivity index (χ3n) is 3.03. The Hall–Kier alpha value is -1.51. The predicted octanol–water partition coefficient (Wildman–Crippen LogP) is 3.24. The summed E-state index contributed by atoms with van der Waals surface area (Å²) in [7, 11) is 0. The fourth-order valence-corrected chi connectivity index (χ4v) is 2.08. The zero-order chi connectivity index (χ0) is 13.4. The zero-order valence-electron chi connectivity index (χ0n) is 11.6. The monoisotopic (exact) mass is 249 g/mol. The van der Waals surface area contributed by atoms with Gasteiger partial charge in [0.15, 0.2) is 0 Å². The Morgan fingerprint density at radius 3 is 2.50 bits per heavy atom. The average molecular weight is 249 g/mol. The van der Waals surface area contributed by atoms with Gasteiger partial charge in [-0.25, -0.2) is 0 Å². The smallest absolute Gasteiger partial charge is 0.305 e. The molecule has 0 heterocycles. The Balaban J connectivity index is 2.53. The standard InChI is InChI=1S/C15H23NO2/c1-4-16(14-9-7-6-8-10-14)13(3)11-12-15(17)18-5-2/h6-10,13H,4-5,11-12H2,1-3H3. The van der Waals surface area contributed by atoms with Gasteiger partial charge in [-0.2, -0.15) is 0 Å². The van der Waals surface area contributed by atoms with E-state index in [1.165, 1.54) is 5.69 Å². The van der Waals surface area contributed by atoms with Crippen LogP contribution in [0.25, 0.3) is 0 Å². The van der Waals surface area contributed by atoms with Gasteiger partial charge in [0, 0.05) is 24.7 Å². The highest BCUT2D eigenvalue weighted by Crippen LogP contribution is 2.18. The number of rotatable bonds is 7. The van der Waals surface area contributed by atoms with Crippen molar-refractivity contribution in [2.45, 2.75) is 39.7 Å². The number of para-hydroxylation sites is 1. The highest BCUT2D eigenvalue weighted by molar-refractivity contribution is 5.69. The molecule has 1 unspecified atom stereocenters. The lowest BCUT2D eigenvalue weighted by molar-refractivity contribution is -0.143. The largest absolute Gasteiger partial charge is 0.466 e. The lowest BCUT2D eigenvalue weighted by Gasteiger charge is -2.30. The van der Waals surface area contributed by atoms with Crippen LogP contribution in [0.3, 0.4) is 0 Å². The molecule has 18 heavy (non-hydrogen) atoms. The van der Waals surface area contributed by atoms with Gasteiger partial charge >= 0.3 is 5.97 Å². The van der Waals surface area contributed by atoms with Crippen LogP contribution in [0, 0.1) is 0 Å². The molecular formula is C15H23NO2. The second kappa shape index (κ2) is 7.75. The Kier molecular flexibility index (Phi) is 6.26. The zero-order valence-corrected chi connectivity index (χ0v) is 11.6. The van der Waals surface area contributed by atoms with Crippen LogP contribution in [-0.4, -0.2) is 25.2 Å². The Bertz CT molecular complexity index is 351. The fourth-order valence-electron chi connectivity index (χ4n) is 2.08. The summed E-state index contributed by atoms with van der Waals surface area (Å²) in [5, 5.41) is 0. The number of ether oxygens (including phenoxy) is 1. The van der Waals surface area contributed by atoms with Gasteiger partial charge in [0.2, 0.25) is 0 Å². The van der Waals surface area contributed by atoms with Crippen molar-refractivity contribution in [2.24, 2.45) is 0 Å². The van der Waals surface area contributed by atoms with Crippen LogP contribution in [0.1, 0.15) is 33.6 Å². The van der Waals surface area contributed by atoms with E-state index in [1.807, 2.05) is 25.1 Å². The maximum absolute atomic E-state index is 11.4. The molecule has 1 aromatic carbocycles. The van der Waals surface area contributed by atoms with Crippen LogP contribution in [0.4, 0.5) is 5.69 Å². The molecule has 0 spiro atoms. The number of anilines is 1. The number of carbonyl (C=O) groups is 1. The summed E-state index contributed by atoms with van der Waals surface area (Å²) in [5.74, 6) is -0.103. The van der Waals surface area contributed by atoms with Gasteiger partial charge in [-0.3, -0.25) is 4.79 Å². The highest BCUT2D eigenvalue weighted by Gasteiger charge is 2.14. The number of esters is 1. The minimum absolute atomic E-state index is 0.103. The molecular weight excluding hydrogens is 226 g/mol. The first-order valence-electron chi connectivity index (χ1n) is 6.66. The second-order valence-corrected chi connectivity index (χ2v) is 4.31. The number of carbonyl (C=O) groups excluding carboxylic acids is 1. The fraction of sp³-hybridized carbons (Fsp3) is 0.533. The minimum atomic E-state index is -0.103. The van der Waals surface area contributed by atoms with Crippen molar-refractivity contribution in [2.75, 3.05) is 18.1 Å². The molecule has 100 valence electrons. The quantitative estimate of drug-likeness (QED) is 0.695. The van der Waals surface area contributed by atoms with E-state index < -0.39 is 0 Å². The highest BCUT2D eigenvalue weighted by atomic mass is 16.5. The SMILES string of the molecule is CCOC(=O)CCC(C)N(CC)c1ccccc1. The Morgan fingerprint density at radius 1 is 1.28 bits per heavy atom. The van der Waals surface area contributed by atoms with Crippen molar-refractivity contribution >= 4 is 11.7 Å². The molecule has 0 aliphatic rings. The molecule has 3 heteroatoms. The van der Waals surface area contributed by atoms with Crippen LogP contribution in [0.15, 0.2) is 30.3 Å². The summed E-state index contributed by atoms with van der Waals surface area (Å²) >= 11 is 0. The van der Waals surface area contributed by atoms with E-state index >= 15 is 0 Å². The summed E-state index contributed by atoms with van der Waals surface area (Å²) in [6.07, 6.45) is 1.31. The third kappa shape index (κ3) is 4.40. The first-order chi connectivity index (χ1) is 8.69. The van der Waals surface area contributed by atoms with Gasteiger partial charge in [0.25, 0.3) is 0 Å². The lowest BCUT2D eigenvalue weighted by Crippen LogP contribution is -2.33. The van der Waals surface area contributed by atoms with Crippen LogP contribution >= 0.6 is 0 Å². The summed E-state index contributed by atoms with van der Waals surface area (Å²) in [5.41, 5.74) is 1.20. The van der Waals surface area contributed by atoms with Crippen molar-refractivity contribution in [3.8, 4) is 0 Å². The number of nitrogens with zero attached hydrogens (tertiary/aromatic N) is 1. The van der Waals surface area contributed by atoms with Gasteiger partial charge in [-0.15, -0.1) is 0 Å². The molecule has 3 nitrogen and oxygen atoms in total. The molecule has 0 N–H and O–H groups in total. The van der Waals surface area contributed by atoms with Gasteiger partial charge in [0.1, 0.15) is 0 Å². The normalized spacial score (nSPS) is 11.9. The molecule has 1 rings (SSSR count). The summed E-state index contributed by atoms with van der Waals surface area (Å²) < 4.78 is 4.95. The molecule has 0 saturated carbocycles. The molecule has 0 radical (unpaired) electrons. The van der Waals surface area contributed by atoms with Crippen LogP contribution in [-0.2, 0) is 9.53 Å². The van der Waals surface area contributed by atoms with E-state index in [1.54, 1.807) is 0 Å². The lowest BCUT2D eigenvalue weighted by atomic mass is 10.1. The number of hydrogen-bond donors (Lipinski definition) is 0. The van der Waals surface area contributed by atoms with E-state index in [-0.39, 0.29) is 5.97 Å². The summed E-state index contributed by atoms with van der Waals surface area (Å²) in [6, 6.07) is 10.6. The molecule has 1 aromatic rings. The van der Waals surface area contributed by atoms with Gasteiger partial charge < -0.3 is 9.64 Å². The second-order valence-electron chi connectivity index (χ2n) is 4.31. The first-order valence-corrected chi connectivity index (χ1v) is 6.66. The van der Waals surface area contributed by atoms with Crippen LogP contribution in [0.2, 0.25) is 0 Å². The van der Waals surface area contributed by atoms with Crippen LogP contribution < -0.4 is 4.90 Å². The maximum atomic E-state index is 11.4. The topological polar surface area (TPSA) is 29.5 Å². The van der Waals surface area contributed by atoms with Crippen molar-refractivity contribution in [3.63, 3.8) is 0 Å². The Morgan fingerprint density at radius 2 is 1.94 bits per heavy atom. The third-order valence-corrected chi connectivity index (χ3v) is 3.03. The molecule has 0 aromatic heterocycles. The van der Waals surface area contributed by atoms with E-state index in [0.29, 0.717) is 19.1 Å². The van der Waals surface area contributed by atoms with E-state index in [4.69, 9.17) is 4.74 Å². The van der Waals surface area contributed by atoms with E-state index in [9.17, 15) is 4.79 Å². The molecule has 0 aliphatic carbocycles. The number of hydrogen-bond acceptors (Lipinski definition) is 3. The average Bonchev–Trinajstić information content (AvgIpc) is 2.39. The molecule has 0 amide bonds. The molecule has 0 saturated heterocycles. The minimum Gasteiger partial charge on any atom is -0.466 e. The van der Waals surface area contributed by atoms with Crippen molar-refractivity contribution in [1.82, 2.24) is 0 Å². The van der Waals surface area contributed by atoms with Gasteiger partial charge in [-0.05, 0) is 39.3 Å². The van der Waals surface area contributed by atoms with Crippen molar-refractivity contribution in [1.29, 1.82) is 0 Å². The number of benzene rings is 1. The van der Waals surface area contributed by atoms with Gasteiger partial charge in [-0.1, -0.05) is 18.2 Å². The van der Waals surface area contributed by atoms with Crippen molar-refractivity contribution < 1.29 is 9.53 Å². The summed E-state index contributed by atoms with van der Waals surface area (Å²) in [6.45, 7) is 7.52. The van der Waals surface area contributed by atoms with Gasteiger partial charge in [0.05, 0.1) is 6.61 Å². The molecule has 1 atom stereocenters. The maximum Gasteiger partial charge on any atom is 0.305 e. The predicted molar refractivity (Wildman–Crippen MR) is 74.8 cm³/mol. The van der Waals surface area contributed by atoms with E-state index in [2.05, 4.69) is 30.9 Å².